The quantitative estimate of drug-likeness (QED) is 0.179. The van der Waals surface area contributed by atoms with E-state index in [2.05, 4.69) is 45.7 Å². The maximum absolute atomic E-state index is 13.8. The van der Waals surface area contributed by atoms with Gasteiger partial charge in [0, 0.05) is 17.5 Å². The molecule has 0 saturated heterocycles. The molecule has 7 heteroatoms. The molecule has 37 heavy (non-hydrogen) atoms. The molecule has 0 aromatic heterocycles. The number of carbonyl (C=O) groups is 2. The average Bonchev–Trinajstić information content (AvgIpc) is 2.83. The summed E-state index contributed by atoms with van der Waals surface area (Å²) in [5, 5.41) is 9.17. The first-order valence-electron chi connectivity index (χ1n) is 12.0. The van der Waals surface area contributed by atoms with Crippen LogP contribution in [0.4, 0.5) is 0 Å². The first kappa shape index (κ1) is 28.7. The summed E-state index contributed by atoms with van der Waals surface area (Å²) in [6, 6.07) is 14.5. The molecule has 0 fully saturated rings. The lowest BCUT2D eigenvalue weighted by Gasteiger charge is -2.20. The standard InChI is InChI=1S/C30H30Br2O5/c1-6-21(7-2)36-26-16-23(29(35)20-10-8-9-18(5)11-20)27(15-22(26)17(3)4)37-30-24(31)12-19(13-25(30)32)14-28(33)34/h6,8-13,15-17H,7,14H2,1-5H3,(H,33,34). The highest BCUT2D eigenvalue weighted by atomic mass is 79.9. The predicted molar refractivity (Wildman–Crippen MR) is 153 cm³/mol. The van der Waals surface area contributed by atoms with E-state index in [0.717, 1.165) is 23.3 Å². The van der Waals surface area contributed by atoms with E-state index in [1.54, 1.807) is 24.3 Å². The summed E-state index contributed by atoms with van der Waals surface area (Å²) >= 11 is 7.02. The second-order valence-corrected chi connectivity index (χ2v) is 10.7. The summed E-state index contributed by atoms with van der Waals surface area (Å²) in [4.78, 5) is 25.0. The summed E-state index contributed by atoms with van der Waals surface area (Å²) in [6.07, 6.45) is 2.52. The van der Waals surface area contributed by atoms with Crippen molar-refractivity contribution >= 4 is 43.6 Å². The van der Waals surface area contributed by atoms with Crippen LogP contribution in [0.1, 0.15) is 72.6 Å². The van der Waals surface area contributed by atoms with Crippen molar-refractivity contribution in [3.63, 3.8) is 0 Å². The number of carbonyl (C=O) groups excluding carboxylic acids is 1. The molecule has 0 saturated carbocycles. The lowest BCUT2D eigenvalue weighted by Crippen LogP contribution is -2.08. The smallest absolute Gasteiger partial charge is 0.307 e. The third-order valence-corrected chi connectivity index (χ3v) is 6.97. The zero-order valence-electron chi connectivity index (χ0n) is 21.5. The lowest BCUT2D eigenvalue weighted by molar-refractivity contribution is -0.136. The van der Waals surface area contributed by atoms with Gasteiger partial charge in [0.1, 0.15) is 11.5 Å². The normalized spacial score (nSPS) is 11.5. The van der Waals surface area contributed by atoms with E-state index in [1.165, 1.54) is 0 Å². The zero-order chi connectivity index (χ0) is 27.3. The molecule has 194 valence electrons. The first-order valence-corrected chi connectivity index (χ1v) is 13.6. The summed E-state index contributed by atoms with van der Waals surface area (Å²) in [5.74, 6) is 1.23. The molecule has 0 unspecified atom stereocenters. The van der Waals surface area contributed by atoms with Gasteiger partial charge in [0.2, 0.25) is 0 Å². The van der Waals surface area contributed by atoms with Crippen molar-refractivity contribution in [2.75, 3.05) is 0 Å². The van der Waals surface area contributed by atoms with Crippen LogP contribution < -0.4 is 9.47 Å². The van der Waals surface area contributed by atoms with E-state index in [9.17, 15) is 9.59 Å². The summed E-state index contributed by atoms with van der Waals surface area (Å²) in [6.45, 7) is 10.00. The summed E-state index contributed by atoms with van der Waals surface area (Å²) < 4.78 is 13.8. The molecule has 0 bridgehead atoms. The van der Waals surface area contributed by atoms with Crippen molar-refractivity contribution in [3.05, 3.63) is 97.1 Å². The molecular formula is C30H30Br2O5. The number of benzene rings is 3. The third-order valence-electron chi connectivity index (χ3n) is 5.80. The Morgan fingerprint density at radius 3 is 2.24 bits per heavy atom. The van der Waals surface area contributed by atoms with Crippen LogP contribution in [0, 0.1) is 6.92 Å². The fourth-order valence-corrected chi connectivity index (χ4v) is 5.34. The predicted octanol–water partition coefficient (Wildman–Crippen LogP) is 8.99. The van der Waals surface area contributed by atoms with Crippen LogP contribution in [0.2, 0.25) is 0 Å². The Kier molecular flexibility index (Phi) is 9.74. The van der Waals surface area contributed by atoms with Crippen molar-refractivity contribution < 1.29 is 24.2 Å². The first-order chi connectivity index (χ1) is 17.5. The van der Waals surface area contributed by atoms with Crippen molar-refractivity contribution in [2.24, 2.45) is 0 Å². The van der Waals surface area contributed by atoms with Crippen molar-refractivity contribution in [2.45, 2.75) is 53.4 Å². The number of halogens is 2. The number of ether oxygens (including phenoxy) is 2. The summed E-state index contributed by atoms with van der Waals surface area (Å²) in [7, 11) is 0. The van der Waals surface area contributed by atoms with Gasteiger partial charge in [0.25, 0.3) is 0 Å². The third kappa shape index (κ3) is 7.11. The minimum Gasteiger partial charge on any atom is -0.481 e. The number of hydrogen-bond acceptors (Lipinski definition) is 4. The second kappa shape index (κ2) is 12.6. The Hall–Kier alpha value is -2.90. The molecule has 0 aliphatic carbocycles. The lowest BCUT2D eigenvalue weighted by atomic mass is 9.95. The molecule has 0 amide bonds. The van der Waals surface area contributed by atoms with Crippen LogP contribution in [0.5, 0.6) is 17.2 Å². The van der Waals surface area contributed by atoms with Crippen LogP contribution in [0.25, 0.3) is 0 Å². The fraction of sp³-hybridized carbons (Fsp3) is 0.267. The van der Waals surface area contributed by atoms with E-state index in [1.807, 2.05) is 51.1 Å². The molecule has 3 aromatic rings. The van der Waals surface area contributed by atoms with E-state index >= 15 is 0 Å². The van der Waals surface area contributed by atoms with Crippen LogP contribution in [0.3, 0.4) is 0 Å². The number of aryl methyl sites for hydroxylation is 1. The molecule has 0 aliphatic rings. The van der Waals surface area contributed by atoms with Gasteiger partial charge in [0.15, 0.2) is 11.5 Å². The van der Waals surface area contributed by atoms with Crippen molar-refractivity contribution in [1.29, 1.82) is 0 Å². The minimum absolute atomic E-state index is 0.0975. The zero-order valence-corrected chi connectivity index (χ0v) is 24.7. The van der Waals surface area contributed by atoms with Gasteiger partial charge >= 0.3 is 5.97 Å². The van der Waals surface area contributed by atoms with Gasteiger partial charge in [-0.3, -0.25) is 9.59 Å². The monoisotopic (exact) mass is 628 g/mol. The number of carboxylic acids is 1. The van der Waals surface area contributed by atoms with Gasteiger partial charge in [-0.15, -0.1) is 0 Å². The Balaban J connectivity index is 2.20. The van der Waals surface area contributed by atoms with Gasteiger partial charge in [-0.25, -0.2) is 0 Å². The van der Waals surface area contributed by atoms with E-state index < -0.39 is 5.97 Å². The molecule has 3 aromatic carbocycles. The van der Waals surface area contributed by atoms with Crippen LogP contribution >= 0.6 is 31.9 Å². The molecule has 0 spiro atoms. The largest absolute Gasteiger partial charge is 0.481 e. The summed E-state index contributed by atoms with van der Waals surface area (Å²) in [5.41, 5.74) is 3.40. The maximum atomic E-state index is 13.8. The average molecular weight is 630 g/mol. The topological polar surface area (TPSA) is 72.8 Å². The van der Waals surface area contributed by atoms with Crippen molar-refractivity contribution in [1.82, 2.24) is 0 Å². The highest BCUT2D eigenvalue weighted by molar-refractivity contribution is 9.11. The molecule has 0 heterocycles. The molecular weight excluding hydrogens is 600 g/mol. The molecule has 1 N–H and O–H groups in total. The van der Waals surface area contributed by atoms with E-state index in [-0.39, 0.29) is 18.1 Å². The molecule has 0 atom stereocenters. The number of allylic oxidation sites excluding steroid dienone is 2. The SMILES string of the molecule is CC=C(CC)Oc1cc(C(=O)c2cccc(C)c2)c(Oc2c(Br)cc(CC(=O)O)cc2Br)cc1C(C)C. The Bertz CT molecular complexity index is 1340. The molecule has 0 radical (unpaired) electrons. The second-order valence-electron chi connectivity index (χ2n) is 9.01. The molecule has 3 rings (SSSR count). The van der Waals surface area contributed by atoms with Crippen LogP contribution in [-0.4, -0.2) is 16.9 Å². The van der Waals surface area contributed by atoms with Crippen LogP contribution in [-0.2, 0) is 11.2 Å². The fourth-order valence-electron chi connectivity index (χ4n) is 3.89. The number of hydrogen-bond donors (Lipinski definition) is 1. The number of ketones is 1. The number of carboxylic acid groups (broad SMARTS) is 1. The number of aliphatic carboxylic acids is 1. The van der Waals surface area contributed by atoms with Gasteiger partial charge in [-0.2, -0.15) is 0 Å². The molecule has 0 aliphatic heterocycles. The van der Waals surface area contributed by atoms with Gasteiger partial charge in [-0.05, 0) is 93.6 Å². The van der Waals surface area contributed by atoms with Gasteiger partial charge in [-0.1, -0.05) is 44.5 Å². The molecule has 5 nitrogen and oxygen atoms in total. The van der Waals surface area contributed by atoms with Gasteiger partial charge < -0.3 is 14.6 Å². The Morgan fingerprint density at radius 1 is 1.03 bits per heavy atom. The Morgan fingerprint density at radius 2 is 1.70 bits per heavy atom. The van der Waals surface area contributed by atoms with Crippen LogP contribution in [0.15, 0.2) is 69.3 Å². The minimum atomic E-state index is -0.928. The number of rotatable bonds is 10. The highest BCUT2D eigenvalue weighted by Gasteiger charge is 2.23. The van der Waals surface area contributed by atoms with Gasteiger partial charge in [0.05, 0.1) is 26.7 Å². The Labute approximate surface area is 234 Å². The van der Waals surface area contributed by atoms with E-state index in [4.69, 9.17) is 14.6 Å². The maximum Gasteiger partial charge on any atom is 0.307 e. The van der Waals surface area contributed by atoms with E-state index in [0.29, 0.717) is 42.9 Å². The highest BCUT2D eigenvalue weighted by Crippen LogP contribution is 2.42. The van der Waals surface area contributed by atoms with Crippen molar-refractivity contribution in [3.8, 4) is 17.2 Å².